The number of hydrogen-bond acceptors (Lipinski definition) is 3. The largest absolute Gasteiger partial charge is 0.494 e. The van der Waals surface area contributed by atoms with Gasteiger partial charge < -0.3 is 15.2 Å². The number of amides is 1. The smallest absolute Gasteiger partial charge is 0.251 e. The third kappa shape index (κ3) is 3.83. The van der Waals surface area contributed by atoms with E-state index in [1.807, 2.05) is 30.3 Å². The molecule has 0 radical (unpaired) electrons. The summed E-state index contributed by atoms with van der Waals surface area (Å²) in [5, 5.41) is 12.0. The van der Waals surface area contributed by atoms with Crippen LogP contribution in [0.25, 0.3) is 0 Å². The van der Waals surface area contributed by atoms with Crippen molar-refractivity contribution in [2.24, 2.45) is 0 Å². The molecule has 0 heterocycles. The summed E-state index contributed by atoms with van der Waals surface area (Å²) in [6.45, 7) is -0.0587. The van der Waals surface area contributed by atoms with Crippen LogP contribution in [-0.4, -0.2) is 24.7 Å². The van der Waals surface area contributed by atoms with Crippen LogP contribution in [0, 0.1) is 5.82 Å². The third-order valence-corrected chi connectivity index (χ3v) is 3.34. The quantitative estimate of drug-likeness (QED) is 0.862. The van der Waals surface area contributed by atoms with Gasteiger partial charge in [0, 0.05) is 12.2 Å². The number of halogens is 1. The topological polar surface area (TPSA) is 58.6 Å². The highest BCUT2D eigenvalue weighted by molar-refractivity contribution is 5.94. The Bertz CT molecular complexity index is 631. The third-order valence-electron chi connectivity index (χ3n) is 3.34. The van der Waals surface area contributed by atoms with Gasteiger partial charge in [0.1, 0.15) is 0 Å². The molecular formula is C17H18FNO3. The number of benzene rings is 2. The lowest BCUT2D eigenvalue weighted by Gasteiger charge is -2.18. The van der Waals surface area contributed by atoms with Crippen LogP contribution in [-0.2, 0) is 0 Å². The Morgan fingerprint density at radius 1 is 1.27 bits per heavy atom. The first-order valence-corrected chi connectivity index (χ1v) is 6.96. The van der Waals surface area contributed by atoms with Gasteiger partial charge >= 0.3 is 0 Å². The first kappa shape index (κ1) is 16.0. The van der Waals surface area contributed by atoms with Crippen molar-refractivity contribution in [1.82, 2.24) is 5.32 Å². The van der Waals surface area contributed by atoms with E-state index in [4.69, 9.17) is 9.84 Å². The first-order chi connectivity index (χ1) is 10.7. The average Bonchev–Trinajstić information content (AvgIpc) is 2.55. The predicted molar refractivity (Wildman–Crippen MR) is 81.3 cm³/mol. The number of aliphatic hydroxyl groups is 1. The van der Waals surface area contributed by atoms with Gasteiger partial charge in [-0.1, -0.05) is 30.3 Å². The number of carbonyl (C=O) groups excluding carboxylic acids is 1. The van der Waals surface area contributed by atoms with Crippen LogP contribution in [0.3, 0.4) is 0 Å². The molecular weight excluding hydrogens is 285 g/mol. The van der Waals surface area contributed by atoms with E-state index in [-0.39, 0.29) is 24.0 Å². The number of methoxy groups -OCH3 is 1. The minimum absolute atomic E-state index is 0.0587. The normalized spacial score (nSPS) is 11.8. The SMILES string of the molecule is COc1ccc(C(=O)NC(CCO)c2ccccc2)cc1F. The molecule has 22 heavy (non-hydrogen) atoms. The molecule has 1 amide bonds. The monoisotopic (exact) mass is 303 g/mol. The molecule has 0 bridgehead atoms. The van der Waals surface area contributed by atoms with Crippen molar-refractivity contribution in [2.75, 3.05) is 13.7 Å². The molecule has 0 aromatic heterocycles. The molecule has 0 aliphatic rings. The molecule has 1 unspecified atom stereocenters. The summed E-state index contributed by atoms with van der Waals surface area (Å²) in [7, 11) is 1.37. The van der Waals surface area contributed by atoms with Crippen LogP contribution in [0.4, 0.5) is 4.39 Å². The van der Waals surface area contributed by atoms with Crippen LogP contribution in [0.1, 0.15) is 28.4 Å². The number of nitrogens with one attached hydrogen (secondary N) is 1. The summed E-state index contributed by atoms with van der Waals surface area (Å²) in [6.07, 6.45) is 0.383. The summed E-state index contributed by atoms with van der Waals surface area (Å²) >= 11 is 0. The van der Waals surface area contributed by atoms with E-state index in [9.17, 15) is 9.18 Å². The van der Waals surface area contributed by atoms with Crippen molar-refractivity contribution in [2.45, 2.75) is 12.5 Å². The lowest BCUT2D eigenvalue weighted by atomic mass is 10.0. The summed E-state index contributed by atoms with van der Waals surface area (Å²) in [6, 6.07) is 13.0. The molecule has 2 N–H and O–H groups in total. The van der Waals surface area contributed by atoms with E-state index in [2.05, 4.69) is 5.32 Å². The van der Waals surface area contributed by atoms with E-state index in [1.165, 1.54) is 19.2 Å². The molecule has 2 aromatic carbocycles. The second kappa shape index (κ2) is 7.56. The zero-order valence-corrected chi connectivity index (χ0v) is 12.3. The van der Waals surface area contributed by atoms with Gasteiger partial charge in [0.25, 0.3) is 5.91 Å². The van der Waals surface area contributed by atoms with Crippen LogP contribution in [0.15, 0.2) is 48.5 Å². The molecule has 0 fully saturated rings. The standard InChI is InChI=1S/C17H18FNO3/c1-22-16-8-7-13(11-14(16)18)17(21)19-15(9-10-20)12-5-3-2-4-6-12/h2-8,11,15,20H,9-10H2,1H3,(H,19,21). The van der Waals surface area contributed by atoms with Crippen molar-refractivity contribution in [3.63, 3.8) is 0 Å². The molecule has 0 aliphatic heterocycles. The maximum Gasteiger partial charge on any atom is 0.251 e. The van der Waals surface area contributed by atoms with Crippen LogP contribution in [0.5, 0.6) is 5.75 Å². The molecule has 0 saturated heterocycles. The fourth-order valence-corrected chi connectivity index (χ4v) is 2.19. The Balaban J connectivity index is 2.16. The van der Waals surface area contributed by atoms with Gasteiger partial charge in [-0.25, -0.2) is 4.39 Å². The van der Waals surface area contributed by atoms with Gasteiger partial charge in [0.2, 0.25) is 0 Å². The average molecular weight is 303 g/mol. The molecule has 5 heteroatoms. The number of rotatable bonds is 6. The number of hydrogen-bond donors (Lipinski definition) is 2. The molecule has 0 saturated carbocycles. The molecule has 2 aromatic rings. The minimum Gasteiger partial charge on any atom is -0.494 e. The number of aliphatic hydroxyl groups excluding tert-OH is 1. The van der Waals surface area contributed by atoms with Gasteiger partial charge in [-0.3, -0.25) is 4.79 Å². The molecule has 0 aliphatic carbocycles. The summed E-state index contributed by atoms with van der Waals surface area (Å²) in [4.78, 5) is 12.3. The molecule has 1 atom stereocenters. The van der Waals surface area contributed by atoms with E-state index in [0.29, 0.717) is 6.42 Å². The van der Waals surface area contributed by atoms with Crippen molar-refractivity contribution >= 4 is 5.91 Å². The lowest BCUT2D eigenvalue weighted by molar-refractivity contribution is 0.0929. The van der Waals surface area contributed by atoms with E-state index >= 15 is 0 Å². The maximum atomic E-state index is 13.7. The van der Waals surface area contributed by atoms with Crippen LogP contribution >= 0.6 is 0 Å². The fraction of sp³-hybridized carbons (Fsp3) is 0.235. The molecule has 0 spiro atoms. The summed E-state index contributed by atoms with van der Waals surface area (Å²) in [5.41, 5.74) is 1.09. The molecule has 2 rings (SSSR count). The lowest BCUT2D eigenvalue weighted by Crippen LogP contribution is -2.29. The van der Waals surface area contributed by atoms with Crippen molar-refractivity contribution in [3.8, 4) is 5.75 Å². The fourth-order valence-electron chi connectivity index (χ4n) is 2.19. The van der Waals surface area contributed by atoms with Crippen LogP contribution in [0.2, 0.25) is 0 Å². The van der Waals surface area contributed by atoms with Crippen molar-refractivity contribution in [3.05, 3.63) is 65.5 Å². The zero-order valence-electron chi connectivity index (χ0n) is 12.3. The Labute approximate surface area is 128 Å². The summed E-state index contributed by atoms with van der Waals surface area (Å²) < 4.78 is 18.5. The van der Waals surface area contributed by atoms with Gasteiger partial charge in [0.15, 0.2) is 11.6 Å². The highest BCUT2D eigenvalue weighted by Gasteiger charge is 2.16. The first-order valence-electron chi connectivity index (χ1n) is 6.96. The Morgan fingerprint density at radius 2 is 2.00 bits per heavy atom. The van der Waals surface area contributed by atoms with E-state index < -0.39 is 11.7 Å². The van der Waals surface area contributed by atoms with E-state index in [0.717, 1.165) is 11.6 Å². The van der Waals surface area contributed by atoms with Crippen LogP contribution < -0.4 is 10.1 Å². The summed E-state index contributed by atoms with van der Waals surface area (Å²) in [5.74, 6) is -0.899. The molecule has 4 nitrogen and oxygen atoms in total. The second-order valence-corrected chi connectivity index (χ2v) is 4.80. The van der Waals surface area contributed by atoms with Gasteiger partial charge in [-0.05, 0) is 30.2 Å². The number of carbonyl (C=O) groups is 1. The predicted octanol–water partition coefficient (Wildman–Crippen LogP) is 2.69. The minimum atomic E-state index is -0.589. The Kier molecular flexibility index (Phi) is 5.49. The van der Waals surface area contributed by atoms with Gasteiger partial charge in [-0.2, -0.15) is 0 Å². The van der Waals surface area contributed by atoms with Gasteiger partial charge in [0.05, 0.1) is 13.2 Å². The van der Waals surface area contributed by atoms with E-state index in [1.54, 1.807) is 0 Å². The zero-order chi connectivity index (χ0) is 15.9. The highest BCUT2D eigenvalue weighted by atomic mass is 19.1. The van der Waals surface area contributed by atoms with Crippen molar-refractivity contribution < 1.29 is 19.0 Å². The Hall–Kier alpha value is -2.40. The van der Waals surface area contributed by atoms with Gasteiger partial charge in [-0.15, -0.1) is 0 Å². The second-order valence-electron chi connectivity index (χ2n) is 4.80. The highest BCUT2D eigenvalue weighted by Crippen LogP contribution is 2.20. The molecule has 116 valence electrons. The number of ether oxygens (including phenoxy) is 1. The van der Waals surface area contributed by atoms with Crippen molar-refractivity contribution in [1.29, 1.82) is 0 Å². The maximum absolute atomic E-state index is 13.7. The Morgan fingerprint density at radius 3 is 2.59 bits per heavy atom.